The van der Waals surface area contributed by atoms with Gasteiger partial charge in [0, 0.05) is 6.92 Å². The maximum Gasteiger partial charge on any atom is 0.311 e. The first-order valence-electron chi connectivity index (χ1n) is 3.42. The van der Waals surface area contributed by atoms with Gasteiger partial charge in [-0.3, -0.25) is 4.79 Å². The summed E-state index contributed by atoms with van der Waals surface area (Å²) in [7, 11) is 0. The quantitative estimate of drug-likeness (QED) is 0.560. The van der Waals surface area contributed by atoms with Gasteiger partial charge in [-0.05, 0) is 20.3 Å². The average Bonchev–Trinajstić information content (AvgIpc) is 1.89. The predicted octanol–water partition coefficient (Wildman–Crippen LogP) is 1.68. The van der Waals surface area contributed by atoms with Crippen LogP contribution in [0.25, 0.3) is 0 Å². The van der Waals surface area contributed by atoms with Crippen molar-refractivity contribution < 1.29 is 9.53 Å². The average molecular weight is 142 g/mol. The van der Waals surface area contributed by atoms with Crippen LogP contribution in [0.4, 0.5) is 0 Å². The lowest BCUT2D eigenvalue weighted by Crippen LogP contribution is -2.25. The van der Waals surface area contributed by atoms with Gasteiger partial charge in [0.1, 0.15) is 0 Å². The lowest BCUT2D eigenvalue weighted by Gasteiger charge is -2.19. The Hall–Kier alpha value is -0.530. The van der Waals surface area contributed by atoms with Crippen molar-refractivity contribution in [3.63, 3.8) is 0 Å². The van der Waals surface area contributed by atoms with Crippen molar-refractivity contribution in [1.29, 1.82) is 0 Å². The molecular weight excluding hydrogens is 128 g/mol. The third-order valence-corrected chi connectivity index (χ3v) is 1.65. The van der Waals surface area contributed by atoms with Crippen LogP contribution in [0.5, 0.6) is 0 Å². The van der Waals surface area contributed by atoms with Crippen molar-refractivity contribution in [2.45, 2.75) is 27.2 Å². The first kappa shape index (κ1) is 9.47. The number of ether oxygens (including phenoxy) is 1. The standard InChI is InChI=1S/C8H14O2/c1-5-8(3,4)7(9)10-6-2/h2H,5-6H2,1,3-4H3. The van der Waals surface area contributed by atoms with E-state index in [0.717, 1.165) is 6.42 Å². The van der Waals surface area contributed by atoms with E-state index in [-0.39, 0.29) is 18.0 Å². The van der Waals surface area contributed by atoms with E-state index in [9.17, 15) is 4.79 Å². The number of carbonyl (C=O) groups excluding carboxylic acids is 1. The molecule has 0 saturated carbocycles. The zero-order chi connectivity index (χ0) is 8.20. The molecular formula is C8H14O2. The summed E-state index contributed by atoms with van der Waals surface area (Å²) in [5.74, 6) is -0.225. The van der Waals surface area contributed by atoms with Crippen LogP contribution in [0.1, 0.15) is 27.2 Å². The van der Waals surface area contributed by atoms with Crippen molar-refractivity contribution in [2.24, 2.45) is 5.41 Å². The van der Waals surface area contributed by atoms with E-state index in [1.165, 1.54) is 0 Å². The largest absolute Gasteiger partial charge is 0.465 e. The van der Waals surface area contributed by atoms with E-state index in [4.69, 9.17) is 6.92 Å². The molecule has 0 amide bonds. The summed E-state index contributed by atoms with van der Waals surface area (Å²) in [6.07, 6.45) is 0.770. The molecule has 2 nitrogen and oxygen atoms in total. The predicted molar refractivity (Wildman–Crippen MR) is 39.3 cm³/mol. The van der Waals surface area contributed by atoms with Crippen LogP contribution in [0.15, 0.2) is 0 Å². The van der Waals surface area contributed by atoms with E-state index >= 15 is 0 Å². The summed E-state index contributed by atoms with van der Waals surface area (Å²) in [6, 6.07) is 0. The van der Waals surface area contributed by atoms with Gasteiger partial charge in [-0.2, -0.15) is 0 Å². The van der Waals surface area contributed by atoms with Crippen LogP contribution in [0.3, 0.4) is 0 Å². The van der Waals surface area contributed by atoms with Crippen LogP contribution in [-0.2, 0) is 9.53 Å². The van der Waals surface area contributed by atoms with E-state index in [2.05, 4.69) is 4.74 Å². The Morgan fingerprint density at radius 3 is 2.40 bits per heavy atom. The number of hydrogen-bond donors (Lipinski definition) is 0. The fourth-order valence-corrected chi connectivity index (χ4v) is 0.415. The summed E-state index contributed by atoms with van der Waals surface area (Å²) >= 11 is 0. The summed E-state index contributed by atoms with van der Waals surface area (Å²) in [5, 5.41) is 0. The molecule has 0 aliphatic carbocycles. The van der Waals surface area contributed by atoms with Gasteiger partial charge in [0.2, 0.25) is 0 Å². The molecule has 0 aliphatic rings. The molecule has 0 unspecified atom stereocenters. The number of carbonyl (C=O) groups is 1. The maximum absolute atomic E-state index is 11.0. The van der Waals surface area contributed by atoms with Gasteiger partial charge in [-0.15, -0.1) is 0 Å². The third kappa shape index (κ3) is 2.38. The molecule has 0 rings (SSSR count). The fraction of sp³-hybridized carbons (Fsp3) is 0.750. The lowest BCUT2D eigenvalue weighted by molar-refractivity contribution is -0.152. The smallest absolute Gasteiger partial charge is 0.311 e. The van der Waals surface area contributed by atoms with Crippen molar-refractivity contribution in [1.82, 2.24) is 0 Å². The molecule has 0 aromatic carbocycles. The highest BCUT2D eigenvalue weighted by Crippen LogP contribution is 2.20. The maximum atomic E-state index is 11.0. The Morgan fingerprint density at radius 2 is 2.10 bits per heavy atom. The molecule has 0 heterocycles. The van der Waals surface area contributed by atoms with Crippen LogP contribution in [0.2, 0.25) is 0 Å². The normalized spacial score (nSPS) is 11.2. The van der Waals surface area contributed by atoms with Crippen molar-refractivity contribution in [3.05, 3.63) is 6.92 Å². The SMILES string of the molecule is [CH]COC(=O)C(C)(C)CC. The second-order valence-corrected chi connectivity index (χ2v) is 2.84. The molecule has 0 saturated heterocycles. The monoisotopic (exact) mass is 142 g/mol. The third-order valence-electron chi connectivity index (χ3n) is 1.65. The van der Waals surface area contributed by atoms with Crippen LogP contribution >= 0.6 is 0 Å². The zero-order valence-corrected chi connectivity index (χ0v) is 6.81. The molecule has 0 aromatic rings. The molecule has 0 aromatic heterocycles. The van der Waals surface area contributed by atoms with Crippen molar-refractivity contribution >= 4 is 5.97 Å². The highest BCUT2D eigenvalue weighted by molar-refractivity contribution is 5.75. The molecule has 0 N–H and O–H groups in total. The first-order chi connectivity index (χ1) is 4.54. The van der Waals surface area contributed by atoms with Gasteiger partial charge in [-0.1, -0.05) is 6.92 Å². The Morgan fingerprint density at radius 1 is 1.60 bits per heavy atom. The Bertz CT molecular complexity index is 116. The van der Waals surface area contributed by atoms with Gasteiger partial charge in [0.05, 0.1) is 12.0 Å². The van der Waals surface area contributed by atoms with Gasteiger partial charge in [0.25, 0.3) is 0 Å². The van der Waals surface area contributed by atoms with Crippen LogP contribution in [-0.4, -0.2) is 12.6 Å². The second-order valence-electron chi connectivity index (χ2n) is 2.84. The molecule has 10 heavy (non-hydrogen) atoms. The molecule has 0 atom stereocenters. The summed E-state index contributed by atoms with van der Waals surface area (Å²) in [5.41, 5.74) is -0.390. The Labute approximate surface area is 62.6 Å². The minimum absolute atomic E-state index is 0.0255. The Kier molecular flexibility index (Phi) is 3.40. The summed E-state index contributed by atoms with van der Waals surface area (Å²) < 4.78 is 4.64. The van der Waals surface area contributed by atoms with Crippen LogP contribution < -0.4 is 0 Å². The highest BCUT2D eigenvalue weighted by atomic mass is 16.5. The molecule has 0 bridgehead atoms. The first-order valence-corrected chi connectivity index (χ1v) is 3.42. The Balaban J connectivity index is 3.91. The molecule has 2 heteroatoms. The molecule has 2 radical (unpaired) electrons. The molecule has 0 aliphatic heterocycles. The van der Waals surface area contributed by atoms with Crippen molar-refractivity contribution in [2.75, 3.05) is 6.61 Å². The van der Waals surface area contributed by atoms with Gasteiger partial charge in [0.15, 0.2) is 0 Å². The topological polar surface area (TPSA) is 26.3 Å². The van der Waals surface area contributed by atoms with Gasteiger partial charge in [-0.25, -0.2) is 0 Å². The van der Waals surface area contributed by atoms with E-state index in [0.29, 0.717) is 0 Å². The lowest BCUT2D eigenvalue weighted by atomic mass is 9.91. The molecule has 0 fully saturated rings. The number of esters is 1. The zero-order valence-electron chi connectivity index (χ0n) is 6.81. The van der Waals surface area contributed by atoms with E-state index in [1.807, 2.05) is 20.8 Å². The minimum atomic E-state index is -0.390. The number of hydrogen-bond acceptors (Lipinski definition) is 2. The fourth-order valence-electron chi connectivity index (χ4n) is 0.415. The molecule has 0 spiro atoms. The van der Waals surface area contributed by atoms with Gasteiger partial charge >= 0.3 is 5.97 Å². The number of rotatable bonds is 3. The van der Waals surface area contributed by atoms with E-state index < -0.39 is 0 Å². The summed E-state index contributed by atoms with van der Waals surface area (Å²) in [6.45, 7) is 10.6. The molecule has 58 valence electrons. The second kappa shape index (κ2) is 3.59. The van der Waals surface area contributed by atoms with E-state index in [1.54, 1.807) is 0 Å². The minimum Gasteiger partial charge on any atom is -0.465 e. The van der Waals surface area contributed by atoms with Gasteiger partial charge < -0.3 is 4.74 Å². The van der Waals surface area contributed by atoms with Crippen LogP contribution in [0, 0.1) is 12.3 Å². The highest BCUT2D eigenvalue weighted by Gasteiger charge is 2.26. The summed E-state index contributed by atoms with van der Waals surface area (Å²) in [4.78, 5) is 11.0. The van der Waals surface area contributed by atoms with Crippen molar-refractivity contribution in [3.8, 4) is 0 Å².